The van der Waals surface area contributed by atoms with Gasteiger partial charge in [-0.25, -0.2) is 0 Å². The van der Waals surface area contributed by atoms with Crippen LogP contribution in [-0.2, 0) is 0 Å². The first kappa shape index (κ1) is 14.7. The van der Waals surface area contributed by atoms with E-state index in [0.717, 1.165) is 26.2 Å². The second-order valence-corrected chi connectivity index (χ2v) is 6.04. The molecule has 1 aromatic carbocycles. The van der Waals surface area contributed by atoms with Gasteiger partial charge in [-0.2, -0.15) is 4.39 Å². The molecule has 2 rings (SSSR count). The normalized spacial score (nSPS) is 17.3. The number of hydrogen-bond donors (Lipinski definition) is 0. The highest BCUT2D eigenvalue weighted by molar-refractivity contribution is 5.52. The highest BCUT2D eigenvalue weighted by atomic mass is 19.1. The molecule has 0 unspecified atom stereocenters. The molecule has 1 saturated heterocycles. The Morgan fingerprint density at radius 1 is 1.20 bits per heavy atom. The van der Waals surface area contributed by atoms with Gasteiger partial charge in [0.05, 0.1) is 4.92 Å². The molecule has 0 amide bonds. The van der Waals surface area contributed by atoms with E-state index in [1.807, 2.05) is 0 Å². The van der Waals surface area contributed by atoms with Crippen LogP contribution in [0.25, 0.3) is 0 Å². The van der Waals surface area contributed by atoms with Crippen LogP contribution in [0.3, 0.4) is 0 Å². The lowest BCUT2D eigenvalue weighted by molar-refractivity contribution is -0.387. The fraction of sp³-hybridized carbons (Fsp3) is 0.571. The van der Waals surface area contributed by atoms with Crippen LogP contribution in [0.5, 0.6) is 0 Å². The van der Waals surface area contributed by atoms with Crippen molar-refractivity contribution in [2.75, 3.05) is 31.1 Å². The SMILES string of the molecule is CC(C)(C)N1CCN(c2ccc([N+](=O)[O-])c(F)c2)CC1. The lowest BCUT2D eigenvalue weighted by Crippen LogP contribution is -2.53. The molecule has 1 heterocycles. The highest BCUT2D eigenvalue weighted by Gasteiger charge is 2.26. The first-order chi connectivity index (χ1) is 9.29. The average molecular weight is 281 g/mol. The van der Waals surface area contributed by atoms with Crippen LogP contribution in [0.15, 0.2) is 18.2 Å². The summed E-state index contributed by atoms with van der Waals surface area (Å²) in [7, 11) is 0. The zero-order valence-corrected chi connectivity index (χ0v) is 12.1. The number of nitrogens with zero attached hydrogens (tertiary/aromatic N) is 3. The highest BCUT2D eigenvalue weighted by Crippen LogP contribution is 2.25. The Morgan fingerprint density at radius 3 is 2.25 bits per heavy atom. The van der Waals surface area contributed by atoms with Gasteiger partial charge in [-0.05, 0) is 26.8 Å². The molecule has 1 fully saturated rings. The quantitative estimate of drug-likeness (QED) is 0.617. The molecule has 0 aliphatic carbocycles. The van der Waals surface area contributed by atoms with Gasteiger partial charge in [0.15, 0.2) is 0 Å². The predicted molar refractivity (Wildman–Crippen MR) is 76.6 cm³/mol. The van der Waals surface area contributed by atoms with Crippen LogP contribution in [0.4, 0.5) is 15.8 Å². The molecule has 0 radical (unpaired) electrons. The van der Waals surface area contributed by atoms with Crippen molar-refractivity contribution in [2.45, 2.75) is 26.3 Å². The van der Waals surface area contributed by atoms with Crippen molar-refractivity contribution in [3.63, 3.8) is 0 Å². The van der Waals surface area contributed by atoms with Crippen molar-refractivity contribution in [1.29, 1.82) is 0 Å². The Labute approximate surface area is 118 Å². The average Bonchev–Trinajstić information content (AvgIpc) is 2.37. The van der Waals surface area contributed by atoms with E-state index in [9.17, 15) is 14.5 Å². The third kappa shape index (κ3) is 3.07. The minimum atomic E-state index is -0.772. The Bertz CT molecular complexity index is 506. The van der Waals surface area contributed by atoms with E-state index in [4.69, 9.17) is 0 Å². The van der Waals surface area contributed by atoms with Crippen molar-refractivity contribution < 1.29 is 9.31 Å². The molecule has 110 valence electrons. The summed E-state index contributed by atoms with van der Waals surface area (Å²) in [5.74, 6) is -0.772. The van der Waals surface area contributed by atoms with Crippen LogP contribution in [0, 0.1) is 15.9 Å². The molecule has 0 atom stereocenters. The summed E-state index contributed by atoms with van der Waals surface area (Å²) in [5, 5.41) is 10.6. The number of nitro benzene ring substituents is 1. The maximum atomic E-state index is 13.6. The molecular weight excluding hydrogens is 261 g/mol. The molecule has 1 aliphatic rings. The van der Waals surface area contributed by atoms with Crippen molar-refractivity contribution >= 4 is 11.4 Å². The van der Waals surface area contributed by atoms with Gasteiger partial charge in [0.2, 0.25) is 5.82 Å². The van der Waals surface area contributed by atoms with Gasteiger partial charge in [-0.1, -0.05) is 0 Å². The van der Waals surface area contributed by atoms with Gasteiger partial charge in [0, 0.05) is 49.5 Å². The van der Waals surface area contributed by atoms with Gasteiger partial charge in [0.1, 0.15) is 0 Å². The maximum absolute atomic E-state index is 13.6. The summed E-state index contributed by atoms with van der Waals surface area (Å²) < 4.78 is 13.6. The molecule has 0 saturated carbocycles. The number of halogens is 1. The van der Waals surface area contributed by atoms with Gasteiger partial charge >= 0.3 is 5.69 Å². The van der Waals surface area contributed by atoms with Crippen molar-refractivity contribution in [2.24, 2.45) is 0 Å². The number of nitro groups is 1. The predicted octanol–water partition coefficient (Wildman–Crippen LogP) is 2.65. The van der Waals surface area contributed by atoms with Crippen LogP contribution in [0.1, 0.15) is 20.8 Å². The molecule has 20 heavy (non-hydrogen) atoms. The Balaban J connectivity index is 2.08. The third-order valence-electron chi connectivity index (χ3n) is 3.72. The Kier molecular flexibility index (Phi) is 3.94. The molecule has 0 N–H and O–H groups in total. The minimum Gasteiger partial charge on any atom is -0.369 e. The van der Waals surface area contributed by atoms with Gasteiger partial charge in [-0.3, -0.25) is 15.0 Å². The van der Waals surface area contributed by atoms with Crippen molar-refractivity contribution in [1.82, 2.24) is 4.90 Å². The van der Waals surface area contributed by atoms with Crippen LogP contribution >= 0.6 is 0 Å². The van der Waals surface area contributed by atoms with Crippen LogP contribution in [0.2, 0.25) is 0 Å². The second kappa shape index (κ2) is 5.36. The van der Waals surface area contributed by atoms with E-state index in [0.29, 0.717) is 5.69 Å². The first-order valence-corrected chi connectivity index (χ1v) is 6.73. The van der Waals surface area contributed by atoms with Gasteiger partial charge < -0.3 is 4.90 Å². The number of anilines is 1. The lowest BCUT2D eigenvalue weighted by Gasteiger charge is -2.43. The summed E-state index contributed by atoms with van der Waals surface area (Å²) in [6.45, 7) is 9.93. The smallest absolute Gasteiger partial charge is 0.304 e. The molecular formula is C14H20FN3O2. The fourth-order valence-corrected chi connectivity index (χ4v) is 2.48. The second-order valence-electron chi connectivity index (χ2n) is 6.04. The number of benzene rings is 1. The fourth-order valence-electron chi connectivity index (χ4n) is 2.48. The standard InChI is InChI=1S/C14H20FN3O2/c1-14(2,3)17-8-6-16(7-9-17)11-4-5-13(18(19)20)12(15)10-11/h4-5,10H,6-9H2,1-3H3. The third-order valence-corrected chi connectivity index (χ3v) is 3.72. The largest absolute Gasteiger partial charge is 0.369 e. The zero-order valence-electron chi connectivity index (χ0n) is 12.1. The van der Waals surface area contributed by atoms with Crippen LogP contribution in [-0.4, -0.2) is 41.5 Å². The number of hydrogen-bond acceptors (Lipinski definition) is 4. The number of rotatable bonds is 2. The molecule has 0 aromatic heterocycles. The van der Waals surface area contributed by atoms with E-state index in [1.165, 1.54) is 12.1 Å². The summed E-state index contributed by atoms with van der Waals surface area (Å²) in [4.78, 5) is 14.4. The van der Waals surface area contributed by atoms with Gasteiger partial charge in [0.25, 0.3) is 0 Å². The molecule has 0 spiro atoms. The van der Waals surface area contributed by atoms with Gasteiger partial charge in [-0.15, -0.1) is 0 Å². The summed E-state index contributed by atoms with van der Waals surface area (Å²) in [6.07, 6.45) is 0. The Hall–Kier alpha value is -1.69. The Morgan fingerprint density at radius 2 is 1.80 bits per heavy atom. The maximum Gasteiger partial charge on any atom is 0.304 e. The lowest BCUT2D eigenvalue weighted by atomic mass is 10.0. The van der Waals surface area contributed by atoms with E-state index in [2.05, 4.69) is 30.6 Å². The van der Waals surface area contributed by atoms with Crippen molar-refractivity contribution in [3.8, 4) is 0 Å². The van der Waals surface area contributed by atoms with Crippen LogP contribution < -0.4 is 4.90 Å². The molecule has 6 heteroatoms. The molecule has 1 aliphatic heterocycles. The number of piperazine rings is 1. The zero-order chi connectivity index (χ0) is 14.9. The minimum absolute atomic E-state index is 0.132. The molecule has 5 nitrogen and oxygen atoms in total. The first-order valence-electron chi connectivity index (χ1n) is 6.73. The summed E-state index contributed by atoms with van der Waals surface area (Å²) >= 11 is 0. The van der Waals surface area contributed by atoms with Crippen molar-refractivity contribution in [3.05, 3.63) is 34.1 Å². The summed E-state index contributed by atoms with van der Waals surface area (Å²) in [6, 6.07) is 4.11. The van der Waals surface area contributed by atoms with E-state index in [1.54, 1.807) is 6.07 Å². The summed E-state index contributed by atoms with van der Waals surface area (Å²) in [5.41, 5.74) is 0.371. The van der Waals surface area contributed by atoms with E-state index >= 15 is 0 Å². The molecule has 0 bridgehead atoms. The molecule has 1 aromatic rings. The van der Waals surface area contributed by atoms with E-state index in [-0.39, 0.29) is 5.54 Å². The van der Waals surface area contributed by atoms with E-state index < -0.39 is 16.4 Å². The monoisotopic (exact) mass is 281 g/mol. The topological polar surface area (TPSA) is 49.6 Å².